The molecule has 0 aromatic carbocycles. The molecule has 0 saturated heterocycles. The molecule has 92 valence electrons. The predicted octanol–water partition coefficient (Wildman–Crippen LogP) is 2.24. The Morgan fingerprint density at radius 2 is 1.88 bits per heavy atom. The molecule has 0 atom stereocenters. The van der Waals surface area contributed by atoms with E-state index < -0.39 is 11.9 Å². The number of hydrogen-bond donors (Lipinski definition) is 1. The molecule has 16 heavy (non-hydrogen) atoms. The molecule has 0 bridgehead atoms. The first kappa shape index (κ1) is 14.7. The summed E-state index contributed by atoms with van der Waals surface area (Å²) in [6, 6.07) is 0. The van der Waals surface area contributed by atoms with Crippen molar-refractivity contribution in [3.8, 4) is 0 Å². The molecule has 4 heteroatoms. The quantitative estimate of drug-likeness (QED) is 0.559. The Hall–Kier alpha value is -1.32. The number of aliphatic carboxylic acids is 1. The lowest BCUT2D eigenvalue weighted by molar-refractivity contribution is -0.139. The lowest BCUT2D eigenvalue weighted by Gasteiger charge is -2.28. The standard InChI is InChI=1S/C12H20O4/c1-9(2)12(3,4)7-8-16-11(15)6-5-10(13)14/h5-6,9H,7-8H2,1-4H3,(H,13,14). The smallest absolute Gasteiger partial charge is 0.331 e. The summed E-state index contributed by atoms with van der Waals surface area (Å²) in [6.07, 6.45) is 2.46. The number of hydrogen-bond acceptors (Lipinski definition) is 3. The first-order chi connectivity index (χ1) is 7.25. The minimum atomic E-state index is -1.15. The highest BCUT2D eigenvalue weighted by molar-refractivity contribution is 5.90. The van der Waals surface area contributed by atoms with E-state index in [1.165, 1.54) is 0 Å². The molecule has 0 aliphatic carbocycles. The highest BCUT2D eigenvalue weighted by Crippen LogP contribution is 2.29. The maximum Gasteiger partial charge on any atom is 0.331 e. The molecule has 0 rings (SSSR count). The topological polar surface area (TPSA) is 63.6 Å². The van der Waals surface area contributed by atoms with Crippen LogP contribution in [0.1, 0.15) is 34.1 Å². The van der Waals surface area contributed by atoms with Gasteiger partial charge in [0.15, 0.2) is 0 Å². The van der Waals surface area contributed by atoms with Crippen LogP contribution in [-0.2, 0) is 14.3 Å². The van der Waals surface area contributed by atoms with E-state index >= 15 is 0 Å². The maximum absolute atomic E-state index is 11.0. The second-order valence-electron chi connectivity index (χ2n) is 4.73. The van der Waals surface area contributed by atoms with Crippen LogP contribution < -0.4 is 0 Å². The molecule has 1 N–H and O–H groups in total. The van der Waals surface area contributed by atoms with Gasteiger partial charge in [-0.25, -0.2) is 9.59 Å². The predicted molar refractivity (Wildman–Crippen MR) is 61.0 cm³/mol. The van der Waals surface area contributed by atoms with E-state index in [2.05, 4.69) is 27.7 Å². The minimum Gasteiger partial charge on any atom is -0.478 e. The van der Waals surface area contributed by atoms with Crippen LogP contribution in [0.5, 0.6) is 0 Å². The normalized spacial score (nSPS) is 12.1. The summed E-state index contributed by atoms with van der Waals surface area (Å²) < 4.78 is 4.89. The zero-order valence-corrected chi connectivity index (χ0v) is 10.3. The largest absolute Gasteiger partial charge is 0.478 e. The molecule has 0 aromatic rings. The first-order valence-electron chi connectivity index (χ1n) is 5.33. The number of esters is 1. The summed E-state index contributed by atoms with van der Waals surface area (Å²) in [6.45, 7) is 8.77. The number of ether oxygens (including phenoxy) is 1. The highest BCUT2D eigenvalue weighted by atomic mass is 16.5. The van der Waals surface area contributed by atoms with Crippen molar-refractivity contribution >= 4 is 11.9 Å². The number of carboxylic acids is 1. The van der Waals surface area contributed by atoms with Gasteiger partial charge in [0.05, 0.1) is 6.61 Å². The Balaban J connectivity index is 3.91. The molecular weight excluding hydrogens is 208 g/mol. The fraction of sp³-hybridized carbons (Fsp3) is 0.667. The molecule has 4 nitrogen and oxygen atoms in total. The number of carbonyl (C=O) groups excluding carboxylic acids is 1. The average Bonchev–Trinajstić information content (AvgIpc) is 2.14. The Labute approximate surface area is 96.3 Å². The van der Waals surface area contributed by atoms with E-state index in [0.29, 0.717) is 12.5 Å². The summed E-state index contributed by atoms with van der Waals surface area (Å²) in [5.74, 6) is -1.26. The lowest BCUT2D eigenvalue weighted by atomic mass is 9.79. The van der Waals surface area contributed by atoms with Crippen LogP contribution >= 0.6 is 0 Å². The van der Waals surface area contributed by atoms with Gasteiger partial charge in [-0.05, 0) is 17.8 Å². The highest BCUT2D eigenvalue weighted by Gasteiger charge is 2.22. The molecule has 0 spiro atoms. The monoisotopic (exact) mass is 228 g/mol. The maximum atomic E-state index is 11.0. The molecular formula is C12H20O4. The van der Waals surface area contributed by atoms with Crippen molar-refractivity contribution in [1.29, 1.82) is 0 Å². The third-order valence-electron chi connectivity index (χ3n) is 2.92. The molecule has 0 radical (unpaired) electrons. The van der Waals surface area contributed by atoms with Gasteiger partial charge in [0.25, 0.3) is 0 Å². The van der Waals surface area contributed by atoms with Gasteiger partial charge in [-0.2, -0.15) is 0 Å². The summed E-state index contributed by atoms with van der Waals surface area (Å²) in [5.41, 5.74) is 0.108. The van der Waals surface area contributed by atoms with Crippen molar-refractivity contribution < 1.29 is 19.4 Å². The zero-order valence-electron chi connectivity index (χ0n) is 10.3. The number of carbonyl (C=O) groups is 2. The van der Waals surface area contributed by atoms with Crippen LogP contribution in [-0.4, -0.2) is 23.7 Å². The Morgan fingerprint density at radius 3 is 2.31 bits per heavy atom. The fourth-order valence-electron chi connectivity index (χ4n) is 0.891. The summed E-state index contributed by atoms with van der Waals surface area (Å²) in [4.78, 5) is 21.2. The fourth-order valence-corrected chi connectivity index (χ4v) is 0.891. The molecule has 0 aliphatic heterocycles. The Kier molecular flexibility index (Phi) is 5.78. The van der Waals surface area contributed by atoms with Crippen LogP contribution in [0, 0.1) is 11.3 Å². The van der Waals surface area contributed by atoms with E-state index in [4.69, 9.17) is 9.84 Å². The van der Waals surface area contributed by atoms with Gasteiger partial charge in [0, 0.05) is 12.2 Å². The Morgan fingerprint density at radius 1 is 1.31 bits per heavy atom. The minimum absolute atomic E-state index is 0.108. The summed E-state index contributed by atoms with van der Waals surface area (Å²) in [7, 11) is 0. The molecule has 0 fully saturated rings. The van der Waals surface area contributed by atoms with E-state index in [-0.39, 0.29) is 5.41 Å². The lowest BCUT2D eigenvalue weighted by Crippen LogP contribution is -2.22. The zero-order chi connectivity index (χ0) is 12.8. The van der Waals surface area contributed by atoms with Crippen molar-refractivity contribution in [2.24, 2.45) is 11.3 Å². The van der Waals surface area contributed by atoms with Gasteiger partial charge in [-0.1, -0.05) is 27.7 Å². The van der Waals surface area contributed by atoms with Gasteiger partial charge >= 0.3 is 11.9 Å². The van der Waals surface area contributed by atoms with Crippen LogP contribution in [0.15, 0.2) is 12.2 Å². The van der Waals surface area contributed by atoms with Crippen molar-refractivity contribution in [3.63, 3.8) is 0 Å². The van der Waals surface area contributed by atoms with Crippen LogP contribution in [0.3, 0.4) is 0 Å². The van der Waals surface area contributed by atoms with Crippen molar-refractivity contribution in [2.45, 2.75) is 34.1 Å². The van der Waals surface area contributed by atoms with Gasteiger partial charge < -0.3 is 9.84 Å². The third kappa shape index (κ3) is 6.22. The summed E-state index contributed by atoms with van der Waals surface area (Å²) in [5, 5.41) is 8.30. The van der Waals surface area contributed by atoms with Crippen molar-refractivity contribution in [3.05, 3.63) is 12.2 Å². The van der Waals surface area contributed by atoms with Crippen molar-refractivity contribution in [2.75, 3.05) is 6.61 Å². The van der Waals surface area contributed by atoms with Crippen LogP contribution in [0.25, 0.3) is 0 Å². The molecule has 0 amide bonds. The second kappa shape index (κ2) is 6.30. The average molecular weight is 228 g/mol. The number of rotatable bonds is 6. The van der Waals surface area contributed by atoms with Crippen LogP contribution in [0.4, 0.5) is 0 Å². The van der Waals surface area contributed by atoms with Gasteiger partial charge in [0.2, 0.25) is 0 Å². The van der Waals surface area contributed by atoms with E-state index in [1.54, 1.807) is 0 Å². The van der Waals surface area contributed by atoms with Crippen LogP contribution in [0.2, 0.25) is 0 Å². The van der Waals surface area contributed by atoms with E-state index in [0.717, 1.165) is 18.6 Å². The molecule has 0 unspecified atom stereocenters. The first-order valence-corrected chi connectivity index (χ1v) is 5.33. The molecule has 0 aliphatic rings. The molecule has 0 saturated carbocycles. The molecule has 0 heterocycles. The number of carboxylic acid groups (broad SMARTS) is 1. The second-order valence-corrected chi connectivity index (χ2v) is 4.73. The SMILES string of the molecule is CC(C)C(C)(C)CCOC(=O)C=CC(=O)O. The van der Waals surface area contributed by atoms with E-state index in [9.17, 15) is 9.59 Å². The third-order valence-corrected chi connectivity index (χ3v) is 2.92. The molecule has 0 aromatic heterocycles. The summed E-state index contributed by atoms with van der Waals surface area (Å²) >= 11 is 0. The van der Waals surface area contributed by atoms with Gasteiger partial charge in [0.1, 0.15) is 0 Å². The van der Waals surface area contributed by atoms with Gasteiger partial charge in [-0.15, -0.1) is 0 Å². The Bertz CT molecular complexity index is 277. The van der Waals surface area contributed by atoms with Crippen molar-refractivity contribution in [1.82, 2.24) is 0 Å². The van der Waals surface area contributed by atoms with Gasteiger partial charge in [-0.3, -0.25) is 0 Å². The van der Waals surface area contributed by atoms with E-state index in [1.807, 2.05) is 0 Å².